The molecule has 1 aromatic rings. The molecular formula is C11H22IN5. The number of hydrogen-bond acceptors (Lipinski definition) is 2. The molecule has 0 atom stereocenters. The van der Waals surface area contributed by atoms with E-state index in [4.69, 9.17) is 0 Å². The standard InChI is InChI=1S/C11H21N5.HI/c1-10-14-7-9-16(10)8-5-4-6-15-11(12-2)13-3;/h7,9H,4-6,8H2,1-3H3,(H2,12,13,15);1H. The van der Waals surface area contributed by atoms with E-state index in [0.717, 1.165) is 37.7 Å². The van der Waals surface area contributed by atoms with Crippen LogP contribution in [-0.4, -0.2) is 36.2 Å². The summed E-state index contributed by atoms with van der Waals surface area (Å²) in [4.78, 5) is 8.24. The number of aryl methyl sites for hydroxylation is 2. The van der Waals surface area contributed by atoms with Crippen molar-refractivity contribution in [2.45, 2.75) is 26.3 Å². The van der Waals surface area contributed by atoms with Crippen LogP contribution in [0.15, 0.2) is 17.4 Å². The summed E-state index contributed by atoms with van der Waals surface area (Å²) in [5.41, 5.74) is 0. The Labute approximate surface area is 120 Å². The number of rotatable bonds is 5. The van der Waals surface area contributed by atoms with Gasteiger partial charge < -0.3 is 15.2 Å². The highest BCUT2D eigenvalue weighted by Crippen LogP contribution is 1.98. The first-order valence-corrected chi connectivity index (χ1v) is 5.64. The van der Waals surface area contributed by atoms with Gasteiger partial charge in [-0.15, -0.1) is 24.0 Å². The second-order valence-electron chi connectivity index (χ2n) is 3.62. The van der Waals surface area contributed by atoms with Gasteiger partial charge in [-0.2, -0.15) is 0 Å². The van der Waals surface area contributed by atoms with Crippen LogP contribution in [-0.2, 0) is 6.54 Å². The Kier molecular flexibility index (Phi) is 8.83. The van der Waals surface area contributed by atoms with E-state index in [-0.39, 0.29) is 24.0 Å². The quantitative estimate of drug-likeness (QED) is 0.365. The van der Waals surface area contributed by atoms with Crippen molar-refractivity contribution in [1.29, 1.82) is 0 Å². The van der Waals surface area contributed by atoms with Crippen LogP contribution in [0, 0.1) is 6.92 Å². The number of hydrogen-bond donors (Lipinski definition) is 2. The zero-order valence-corrected chi connectivity index (χ0v) is 13.1. The fraction of sp³-hybridized carbons (Fsp3) is 0.636. The van der Waals surface area contributed by atoms with E-state index in [1.54, 1.807) is 7.05 Å². The molecule has 0 aromatic carbocycles. The van der Waals surface area contributed by atoms with E-state index in [2.05, 4.69) is 25.2 Å². The number of imidazole rings is 1. The first-order chi connectivity index (χ1) is 7.77. The highest BCUT2D eigenvalue weighted by Gasteiger charge is 1.96. The number of halogens is 1. The van der Waals surface area contributed by atoms with E-state index >= 15 is 0 Å². The Hall–Kier alpha value is -0.790. The average Bonchev–Trinajstić information content (AvgIpc) is 2.70. The first kappa shape index (κ1) is 16.2. The first-order valence-electron chi connectivity index (χ1n) is 5.64. The minimum absolute atomic E-state index is 0. The molecule has 0 aliphatic carbocycles. The van der Waals surface area contributed by atoms with Crippen LogP contribution in [0.3, 0.4) is 0 Å². The molecule has 0 aliphatic rings. The maximum Gasteiger partial charge on any atom is 0.190 e. The third-order valence-electron chi connectivity index (χ3n) is 2.50. The molecular weight excluding hydrogens is 329 g/mol. The largest absolute Gasteiger partial charge is 0.359 e. The lowest BCUT2D eigenvalue weighted by atomic mass is 10.3. The van der Waals surface area contributed by atoms with Crippen LogP contribution in [0.2, 0.25) is 0 Å². The molecule has 6 heteroatoms. The monoisotopic (exact) mass is 351 g/mol. The Morgan fingerprint density at radius 1 is 1.47 bits per heavy atom. The molecule has 1 rings (SSSR count). The molecule has 98 valence electrons. The number of guanidine groups is 1. The van der Waals surface area contributed by atoms with Gasteiger partial charge in [-0.1, -0.05) is 0 Å². The lowest BCUT2D eigenvalue weighted by molar-refractivity contribution is 0.589. The van der Waals surface area contributed by atoms with Gasteiger partial charge in [-0.05, 0) is 19.8 Å². The van der Waals surface area contributed by atoms with Crippen molar-refractivity contribution >= 4 is 29.9 Å². The van der Waals surface area contributed by atoms with Gasteiger partial charge in [0.15, 0.2) is 5.96 Å². The topological polar surface area (TPSA) is 54.2 Å². The lowest BCUT2D eigenvalue weighted by Crippen LogP contribution is -2.35. The normalized spacial score (nSPS) is 10.9. The van der Waals surface area contributed by atoms with E-state index in [1.165, 1.54) is 0 Å². The van der Waals surface area contributed by atoms with Crippen molar-refractivity contribution in [1.82, 2.24) is 20.2 Å². The summed E-state index contributed by atoms with van der Waals surface area (Å²) in [5, 5.41) is 6.22. The number of aliphatic imine (C=N–C) groups is 1. The SMILES string of the molecule is CN=C(NC)NCCCCn1ccnc1C.I. The molecule has 1 aromatic heterocycles. The zero-order chi connectivity index (χ0) is 11.8. The molecule has 0 amide bonds. The predicted molar refractivity (Wildman–Crippen MR) is 82.0 cm³/mol. The smallest absolute Gasteiger partial charge is 0.190 e. The van der Waals surface area contributed by atoms with E-state index < -0.39 is 0 Å². The van der Waals surface area contributed by atoms with Crippen molar-refractivity contribution in [3.63, 3.8) is 0 Å². The highest BCUT2D eigenvalue weighted by molar-refractivity contribution is 14.0. The molecule has 1 heterocycles. The van der Waals surface area contributed by atoms with Gasteiger partial charge in [-0.3, -0.25) is 4.99 Å². The van der Waals surface area contributed by atoms with Crippen LogP contribution < -0.4 is 10.6 Å². The van der Waals surface area contributed by atoms with Crippen molar-refractivity contribution in [3.05, 3.63) is 18.2 Å². The van der Waals surface area contributed by atoms with Gasteiger partial charge >= 0.3 is 0 Å². The highest BCUT2D eigenvalue weighted by atomic mass is 127. The third-order valence-corrected chi connectivity index (χ3v) is 2.50. The van der Waals surface area contributed by atoms with E-state index in [9.17, 15) is 0 Å². The maximum atomic E-state index is 4.19. The average molecular weight is 351 g/mol. The van der Waals surface area contributed by atoms with E-state index in [1.807, 2.05) is 26.4 Å². The predicted octanol–water partition coefficient (Wildman–Crippen LogP) is 1.38. The van der Waals surface area contributed by atoms with Gasteiger partial charge in [0.25, 0.3) is 0 Å². The summed E-state index contributed by atoms with van der Waals surface area (Å²) < 4.78 is 2.17. The van der Waals surface area contributed by atoms with Gasteiger partial charge in [0.1, 0.15) is 5.82 Å². The molecule has 0 saturated heterocycles. The molecule has 0 radical (unpaired) electrons. The minimum atomic E-state index is 0. The van der Waals surface area contributed by atoms with Gasteiger partial charge in [0, 0.05) is 39.6 Å². The van der Waals surface area contributed by atoms with Gasteiger partial charge in [-0.25, -0.2) is 4.98 Å². The van der Waals surface area contributed by atoms with Crippen molar-refractivity contribution < 1.29 is 0 Å². The van der Waals surface area contributed by atoms with Gasteiger partial charge in [0.05, 0.1) is 0 Å². The summed E-state index contributed by atoms with van der Waals surface area (Å²) >= 11 is 0. The molecule has 17 heavy (non-hydrogen) atoms. The molecule has 0 saturated carbocycles. The molecule has 2 N–H and O–H groups in total. The van der Waals surface area contributed by atoms with Crippen molar-refractivity contribution in [2.75, 3.05) is 20.6 Å². The molecule has 0 fully saturated rings. The Morgan fingerprint density at radius 2 is 2.24 bits per heavy atom. The molecule has 0 spiro atoms. The lowest BCUT2D eigenvalue weighted by Gasteiger charge is -2.08. The van der Waals surface area contributed by atoms with Crippen LogP contribution >= 0.6 is 24.0 Å². The molecule has 0 unspecified atom stereocenters. The van der Waals surface area contributed by atoms with Crippen LogP contribution in [0.5, 0.6) is 0 Å². The number of nitrogens with zero attached hydrogens (tertiary/aromatic N) is 3. The Morgan fingerprint density at radius 3 is 2.76 bits per heavy atom. The maximum absolute atomic E-state index is 4.19. The van der Waals surface area contributed by atoms with Crippen LogP contribution in [0.25, 0.3) is 0 Å². The second-order valence-corrected chi connectivity index (χ2v) is 3.62. The Bertz CT molecular complexity index is 334. The minimum Gasteiger partial charge on any atom is -0.359 e. The fourth-order valence-electron chi connectivity index (χ4n) is 1.53. The van der Waals surface area contributed by atoms with Crippen molar-refractivity contribution in [2.24, 2.45) is 4.99 Å². The second kappa shape index (κ2) is 9.26. The third kappa shape index (κ3) is 5.90. The van der Waals surface area contributed by atoms with Gasteiger partial charge in [0.2, 0.25) is 0 Å². The molecule has 5 nitrogen and oxygen atoms in total. The summed E-state index contributed by atoms with van der Waals surface area (Å²) in [6.07, 6.45) is 6.13. The number of aromatic nitrogens is 2. The number of nitrogens with one attached hydrogen (secondary N) is 2. The zero-order valence-electron chi connectivity index (χ0n) is 10.7. The molecule has 0 bridgehead atoms. The number of unbranched alkanes of at least 4 members (excludes halogenated alkanes) is 1. The van der Waals surface area contributed by atoms with Crippen LogP contribution in [0.4, 0.5) is 0 Å². The van der Waals surface area contributed by atoms with E-state index in [0.29, 0.717) is 0 Å². The fourth-order valence-corrected chi connectivity index (χ4v) is 1.53. The summed E-state index contributed by atoms with van der Waals surface area (Å²) in [5.74, 6) is 1.93. The van der Waals surface area contributed by atoms with Crippen LogP contribution in [0.1, 0.15) is 18.7 Å². The summed E-state index contributed by atoms with van der Waals surface area (Å²) in [6.45, 7) is 4.01. The molecule has 0 aliphatic heterocycles. The summed E-state index contributed by atoms with van der Waals surface area (Å²) in [7, 11) is 3.64. The Balaban J connectivity index is 0.00000256. The summed E-state index contributed by atoms with van der Waals surface area (Å²) in [6, 6.07) is 0. The van der Waals surface area contributed by atoms with Crippen molar-refractivity contribution in [3.8, 4) is 0 Å².